The van der Waals surface area contributed by atoms with Crippen LogP contribution in [0.25, 0.3) is 0 Å². The van der Waals surface area contributed by atoms with Crippen molar-refractivity contribution < 1.29 is 27.1 Å². The summed E-state index contributed by atoms with van der Waals surface area (Å²) in [5.74, 6) is -1.48. The molecule has 0 radical (unpaired) electrons. The van der Waals surface area contributed by atoms with Gasteiger partial charge in [-0.3, -0.25) is 9.59 Å². The largest absolute Gasteiger partial charge is 0.379 e. The number of benzene rings is 1. The number of anilines is 1. The van der Waals surface area contributed by atoms with Crippen molar-refractivity contribution in [2.24, 2.45) is 5.92 Å². The molecule has 0 unspecified atom stereocenters. The average molecular weight is 482 g/mol. The van der Waals surface area contributed by atoms with Gasteiger partial charge in [0.2, 0.25) is 15.9 Å². The van der Waals surface area contributed by atoms with Crippen LogP contribution >= 0.6 is 11.3 Å². The van der Waals surface area contributed by atoms with E-state index in [1.807, 2.05) is 11.4 Å². The fourth-order valence-electron chi connectivity index (χ4n) is 3.85. The van der Waals surface area contributed by atoms with Gasteiger partial charge in [-0.05, 0) is 42.5 Å². The highest BCUT2D eigenvalue weighted by molar-refractivity contribution is 7.89. The van der Waals surface area contributed by atoms with Gasteiger partial charge < -0.3 is 15.0 Å². The number of carbonyl (C=O) groups excluding carboxylic acids is 2. The Morgan fingerprint density at radius 3 is 2.47 bits per heavy atom. The molecule has 172 valence electrons. The summed E-state index contributed by atoms with van der Waals surface area (Å²) >= 11 is 1.39. The summed E-state index contributed by atoms with van der Waals surface area (Å²) in [5.41, 5.74) is 0.223. The Morgan fingerprint density at radius 2 is 1.81 bits per heavy atom. The number of nitrogens with one attached hydrogen (secondary N) is 1. The minimum atomic E-state index is -4.03. The maximum atomic E-state index is 14.4. The Hall–Kier alpha value is -2.34. The first-order chi connectivity index (χ1) is 15.4. The van der Waals surface area contributed by atoms with Gasteiger partial charge in [-0.1, -0.05) is 6.07 Å². The number of carbonyl (C=O) groups is 2. The van der Waals surface area contributed by atoms with Crippen LogP contribution in [-0.4, -0.2) is 68.8 Å². The maximum Gasteiger partial charge on any atom is 0.263 e. The van der Waals surface area contributed by atoms with Gasteiger partial charge in [-0.25, -0.2) is 12.8 Å². The molecule has 2 aliphatic rings. The van der Waals surface area contributed by atoms with E-state index in [9.17, 15) is 22.4 Å². The van der Waals surface area contributed by atoms with Gasteiger partial charge in [0.25, 0.3) is 5.91 Å². The average Bonchev–Trinajstić information content (AvgIpc) is 3.35. The molecule has 0 atom stereocenters. The first kappa shape index (κ1) is 22.8. The predicted octanol–water partition coefficient (Wildman–Crippen LogP) is 2.40. The zero-order valence-electron chi connectivity index (χ0n) is 17.3. The van der Waals surface area contributed by atoms with Crippen LogP contribution in [0, 0.1) is 11.7 Å². The Kier molecular flexibility index (Phi) is 6.89. The van der Waals surface area contributed by atoms with Crippen molar-refractivity contribution in [1.29, 1.82) is 0 Å². The number of piperidine rings is 1. The highest BCUT2D eigenvalue weighted by Crippen LogP contribution is 2.26. The zero-order valence-corrected chi connectivity index (χ0v) is 19.0. The summed E-state index contributed by atoms with van der Waals surface area (Å²) < 4.78 is 46.4. The van der Waals surface area contributed by atoms with Crippen LogP contribution in [0.4, 0.5) is 10.1 Å². The van der Waals surface area contributed by atoms with E-state index in [0.717, 1.165) is 12.1 Å². The van der Waals surface area contributed by atoms with E-state index >= 15 is 0 Å². The van der Waals surface area contributed by atoms with Crippen molar-refractivity contribution in [1.82, 2.24) is 9.21 Å². The molecule has 0 saturated carbocycles. The number of hydrogen-bond acceptors (Lipinski definition) is 6. The predicted molar refractivity (Wildman–Crippen MR) is 118 cm³/mol. The molecule has 0 aliphatic carbocycles. The van der Waals surface area contributed by atoms with Gasteiger partial charge in [0.15, 0.2) is 0 Å². The summed E-state index contributed by atoms with van der Waals surface area (Å²) in [6.07, 6.45) is 1.01. The summed E-state index contributed by atoms with van der Waals surface area (Å²) in [7, 11) is -4.03. The van der Waals surface area contributed by atoms with Crippen LogP contribution in [0.1, 0.15) is 22.5 Å². The van der Waals surface area contributed by atoms with Crippen molar-refractivity contribution in [3.8, 4) is 0 Å². The SMILES string of the molecule is O=C(Nc1ccc(F)c(S(=O)(=O)N2CCOCC2)c1)C1CCN(C(=O)c2cccs2)CC1. The molecule has 8 nitrogen and oxygen atoms in total. The van der Waals surface area contributed by atoms with E-state index in [4.69, 9.17) is 4.74 Å². The van der Waals surface area contributed by atoms with E-state index in [0.29, 0.717) is 30.8 Å². The second kappa shape index (κ2) is 9.65. The standard InChI is InChI=1S/C21H24FN3O5S2/c22-17-4-3-16(14-19(17)32(28,29)25-9-11-30-12-10-25)23-20(26)15-5-7-24(8-6-15)21(27)18-2-1-13-31-18/h1-4,13-15H,5-12H2,(H,23,26). The van der Waals surface area contributed by atoms with Crippen molar-refractivity contribution in [3.63, 3.8) is 0 Å². The molecule has 3 heterocycles. The molecule has 32 heavy (non-hydrogen) atoms. The number of ether oxygens (including phenoxy) is 1. The molecular weight excluding hydrogens is 457 g/mol. The monoisotopic (exact) mass is 481 g/mol. The Labute approximate surface area is 190 Å². The summed E-state index contributed by atoms with van der Waals surface area (Å²) in [6.45, 7) is 1.75. The lowest BCUT2D eigenvalue weighted by atomic mass is 9.95. The molecule has 2 amide bonds. The molecule has 4 rings (SSSR count). The number of nitrogens with zero attached hydrogens (tertiary/aromatic N) is 2. The van der Waals surface area contributed by atoms with Gasteiger partial charge in [0.1, 0.15) is 10.7 Å². The van der Waals surface area contributed by atoms with Crippen LogP contribution in [0.3, 0.4) is 0 Å². The van der Waals surface area contributed by atoms with Crippen LogP contribution in [0.15, 0.2) is 40.6 Å². The molecule has 1 aromatic heterocycles. The van der Waals surface area contributed by atoms with Crippen LogP contribution in [0.5, 0.6) is 0 Å². The van der Waals surface area contributed by atoms with Gasteiger partial charge in [-0.2, -0.15) is 4.31 Å². The fraction of sp³-hybridized carbons (Fsp3) is 0.429. The zero-order chi connectivity index (χ0) is 22.7. The molecule has 2 aliphatic heterocycles. The van der Waals surface area contributed by atoms with Gasteiger partial charge in [0, 0.05) is 37.8 Å². The Balaban J connectivity index is 1.40. The van der Waals surface area contributed by atoms with E-state index in [2.05, 4.69) is 5.32 Å². The van der Waals surface area contributed by atoms with Crippen molar-refractivity contribution in [3.05, 3.63) is 46.4 Å². The number of hydrogen-bond donors (Lipinski definition) is 1. The van der Waals surface area contributed by atoms with E-state index in [1.165, 1.54) is 21.7 Å². The third-order valence-electron chi connectivity index (χ3n) is 5.67. The molecule has 11 heteroatoms. The quantitative estimate of drug-likeness (QED) is 0.708. The molecule has 1 aromatic carbocycles. The first-order valence-electron chi connectivity index (χ1n) is 10.4. The molecule has 2 aromatic rings. The number of likely N-dealkylation sites (tertiary alicyclic amines) is 1. The topological polar surface area (TPSA) is 96.0 Å². The second-order valence-corrected chi connectivity index (χ2v) is 10.5. The summed E-state index contributed by atoms with van der Waals surface area (Å²) in [5, 5.41) is 4.56. The summed E-state index contributed by atoms with van der Waals surface area (Å²) in [6, 6.07) is 7.16. The lowest BCUT2D eigenvalue weighted by Gasteiger charge is -2.31. The van der Waals surface area contributed by atoms with Gasteiger partial charge in [0.05, 0.1) is 18.1 Å². The molecular formula is C21H24FN3O5S2. The van der Waals surface area contributed by atoms with Crippen molar-refractivity contribution >= 4 is 38.9 Å². The fourth-order valence-corrected chi connectivity index (χ4v) is 6.04. The lowest BCUT2D eigenvalue weighted by Crippen LogP contribution is -2.41. The van der Waals surface area contributed by atoms with Crippen LogP contribution < -0.4 is 5.32 Å². The number of thiophene rings is 1. The lowest BCUT2D eigenvalue weighted by molar-refractivity contribution is -0.121. The first-order valence-corrected chi connectivity index (χ1v) is 12.7. The molecule has 0 spiro atoms. The van der Waals surface area contributed by atoms with Crippen molar-refractivity contribution in [2.75, 3.05) is 44.7 Å². The minimum absolute atomic E-state index is 0.0321. The van der Waals surface area contributed by atoms with Gasteiger partial charge in [-0.15, -0.1) is 11.3 Å². The number of halogens is 1. The van der Waals surface area contributed by atoms with Crippen molar-refractivity contribution in [2.45, 2.75) is 17.7 Å². The number of rotatable bonds is 5. The Morgan fingerprint density at radius 1 is 1.09 bits per heavy atom. The molecule has 1 N–H and O–H groups in total. The highest BCUT2D eigenvalue weighted by Gasteiger charge is 2.31. The maximum absolute atomic E-state index is 14.4. The normalized spacial score (nSPS) is 18.5. The number of morpholine rings is 1. The summed E-state index contributed by atoms with van der Waals surface area (Å²) in [4.78, 5) is 27.1. The molecule has 2 fully saturated rings. The van der Waals surface area contributed by atoms with E-state index < -0.39 is 20.7 Å². The number of amides is 2. The minimum Gasteiger partial charge on any atom is -0.379 e. The van der Waals surface area contributed by atoms with Gasteiger partial charge >= 0.3 is 0 Å². The number of sulfonamides is 1. The van der Waals surface area contributed by atoms with E-state index in [-0.39, 0.29) is 49.7 Å². The van der Waals surface area contributed by atoms with E-state index in [1.54, 1.807) is 11.0 Å². The highest BCUT2D eigenvalue weighted by atomic mass is 32.2. The van der Waals surface area contributed by atoms with Crippen LogP contribution in [0.2, 0.25) is 0 Å². The third kappa shape index (κ3) is 4.85. The molecule has 2 saturated heterocycles. The molecule has 0 bridgehead atoms. The smallest absolute Gasteiger partial charge is 0.263 e. The Bertz CT molecular complexity index is 1080. The van der Waals surface area contributed by atoms with Crippen LogP contribution in [-0.2, 0) is 19.6 Å². The third-order valence-corrected chi connectivity index (χ3v) is 8.44. The second-order valence-electron chi connectivity index (χ2n) is 7.69.